The van der Waals surface area contributed by atoms with Crippen LogP contribution in [0.15, 0.2) is 66.7 Å². The highest BCUT2D eigenvalue weighted by molar-refractivity contribution is 6.33. The van der Waals surface area contributed by atoms with Gasteiger partial charge in [0.15, 0.2) is 0 Å². The lowest BCUT2D eigenvalue weighted by Gasteiger charge is -2.20. The lowest BCUT2D eigenvalue weighted by Crippen LogP contribution is -2.28. The number of esters is 1. The summed E-state index contributed by atoms with van der Waals surface area (Å²) in [5.41, 5.74) is -0.321. The van der Waals surface area contributed by atoms with Crippen molar-refractivity contribution in [3.05, 3.63) is 72.3 Å². The first kappa shape index (κ1) is 16.9. The van der Waals surface area contributed by atoms with Crippen molar-refractivity contribution in [2.24, 2.45) is 0 Å². The predicted molar refractivity (Wildman–Crippen MR) is 108 cm³/mol. The van der Waals surface area contributed by atoms with Crippen LogP contribution in [-0.4, -0.2) is 12.6 Å². The van der Waals surface area contributed by atoms with Crippen LogP contribution < -0.4 is 0 Å². The molecule has 2 nitrogen and oxygen atoms in total. The second kappa shape index (κ2) is 5.86. The van der Waals surface area contributed by atoms with Crippen molar-refractivity contribution in [3.63, 3.8) is 0 Å². The van der Waals surface area contributed by atoms with Gasteiger partial charge in [-0.2, -0.15) is 8.78 Å². The fourth-order valence-electron chi connectivity index (χ4n) is 4.25. The average molecular weight is 374 g/mol. The zero-order valence-corrected chi connectivity index (χ0v) is 15.1. The Morgan fingerprint density at radius 2 is 1.32 bits per heavy atom. The summed E-state index contributed by atoms with van der Waals surface area (Å²) in [5, 5.41) is 7.19. The first-order chi connectivity index (χ1) is 13.5. The van der Waals surface area contributed by atoms with Gasteiger partial charge < -0.3 is 4.74 Å². The summed E-state index contributed by atoms with van der Waals surface area (Å²) in [6.07, 6.45) is 0. The lowest BCUT2D eigenvalue weighted by atomic mass is 9.87. The molecule has 28 heavy (non-hydrogen) atoms. The standard InChI is InChI=1S/C24H16F2O2/c1-2-28-23(27)24(25,26)20-13-12-18-16-9-4-7-14-6-3-8-15(21(14)16)17-10-5-11-19(20)22(17)18/h3-13H,2H2,1H3. The molecule has 0 unspecified atom stereocenters. The van der Waals surface area contributed by atoms with Crippen molar-refractivity contribution >= 4 is 49.1 Å². The highest BCUT2D eigenvalue weighted by Gasteiger charge is 2.44. The van der Waals surface area contributed by atoms with Crippen molar-refractivity contribution in [2.45, 2.75) is 12.8 Å². The molecule has 0 aliphatic carbocycles. The Bertz CT molecular complexity index is 1320. The summed E-state index contributed by atoms with van der Waals surface area (Å²) in [5.74, 6) is -5.23. The number of rotatable bonds is 3. The largest absolute Gasteiger partial charge is 0.461 e. The van der Waals surface area contributed by atoms with E-state index in [1.165, 1.54) is 13.0 Å². The molecule has 0 saturated heterocycles. The van der Waals surface area contributed by atoms with E-state index in [1.807, 2.05) is 30.3 Å². The van der Waals surface area contributed by atoms with Crippen molar-refractivity contribution in [1.29, 1.82) is 0 Å². The zero-order valence-electron chi connectivity index (χ0n) is 15.1. The Morgan fingerprint density at radius 3 is 1.96 bits per heavy atom. The summed E-state index contributed by atoms with van der Waals surface area (Å²) in [6.45, 7) is 1.42. The van der Waals surface area contributed by atoms with Gasteiger partial charge in [-0.05, 0) is 50.0 Å². The third kappa shape index (κ3) is 2.15. The van der Waals surface area contributed by atoms with Crippen molar-refractivity contribution in [1.82, 2.24) is 0 Å². The number of carbonyl (C=O) groups is 1. The van der Waals surface area contributed by atoms with Crippen molar-refractivity contribution < 1.29 is 18.3 Å². The maximum absolute atomic E-state index is 14.9. The normalized spacial score (nSPS) is 12.4. The molecular weight excluding hydrogens is 358 g/mol. The molecule has 5 rings (SSSR count). The van der Waals surface area contributed by atoms with Gasteiger partial charge in [0.05, 0.1) is 6.61 Å². The van der Waals surface area contributed by atoms with Crippen LogP contribution in [0.3, 0.4) is 0 Å². The van der Waals surface area contributed by atoms with Crippen LogP contribution in [0.4, 0.5) is 8.78 Å². The lowest BCUT2D eigenvalue weighted by molar-refractivity contribution is -0.172. The topological polar surface area (TPSA) is 26.3 Å². The van der Waals surface area contributed by atoms with Crippen LogP contribution >= 0.6 is 0 Å². The van der Waals surface area contributed by atoms with Crippen LogP contribution in [0, 0.1) is 0 Å². The molecule has 0 saturated carbocycles. The van der Waals surface area contributed by atoms with Gasteiger partial charge in [0.2, 0.25) is 0 Å². The van der Waals surface area contributed by atoms with Gasteiger partial charge in [0.25, 0.3) is 0 Å². The summed E-state index contributed by atoms with van der Waals surface area (Å²) in [4.78, 5) is 11.9. The number of ether oxygens (including phenoxy) is 1. The first-order valence-corrected chi connectivity index (χ1v) is 9.17. The molecule has 0 heterocycles. The molecule has 0 N–H and O–H groups in total. The Morgan fingerprint density at radius 1 is 0.786 bits per heavy atom. The van der Waals surface area contributed by atoms with Gasteiger partial charge in [-0.15, -0.1) is 0 Å². The summed E-state index contributed by atoms with van der Waals surface area (Å²) in [7, 11) is 0. The molecule has 0 aliphatic heterocycles. The molecule has 0 spiro atoms. The summed E-state index contributed by atoms with van der Waals surface area (Å²) < 4.78 is 34.4. The van der Waals surface area contributed by atoms with Crippen LogP contribution in [0.25, 0.3) is 43.1 Å². The van der Waals surface area contributed by atoms with E-state index in [0.29, 0.717) is 5.39 Å². The van der Waals surface area contributed by atoms with E-state index in [2.05, 4.69) is 16.9 Å². The van der Waals surface area contributed by atoms with Gasteiger partial charge in [0, 0.05) is 5.56 Å². The zero-order chi connectivity index (χ0) is 19.5. The maximum Gasteiger partial charge on any atom is 0.382 e. The van der Waals surface area contributed by atoms with E-state index in [1.54, 1.807) is 18.2 Å². The molecular formula is C24H16F2O2. The second-order valence-corrected chi connectivity index (χ2v) is 6.89. The molecule has 0 aliphatic rings. The molecule has 0 bridgehead atoms. The fraction of sp³-hybridized carbons (Fsp3) is 0.125. The van der Waals surface area contributed by atoms with E-state index >= 15 is 0 Å². The molecule has 0 atom stereocenters. The van der Waals surface area contributed by atoms with Crippen LogP contribution in [0.2, 0.25) is 0 Å². The third-order valence-electron chi connectivity index (χ3n) is 5.40. The van der Waals surface area contributed by atoms with Crippen LogP contribution in [0.5, 0.6) is 0 Å². The van der Waals surface area contributed by atoms with Crippen molar-refractivity contribution in [3.8, 4) is 0 Å². The van der Waals surface area contributed by atoms with E-state index in [4.69, 9.17) is 0 Å². The smallest absolute Gasteiger partial charge is 0.382 e. The molecule has 4 heteroatoms. The Labute approximate surface area is 159 Å². The fourth-order valence-corrected chi connectivity index (χ4v) is 4.25. The second-order valence-electron chi connectivity index (χ2n) is 6.89. The van der Waals surface area contributed by atoms with Crippen LogP contribution in [-0.2, 0) is 15.5 Å². The number of fused-ring (bicyclic) bond motifs is 2. The number of hydrogen-bond donors (Lipinski definition) is 0. The quantitative estimate of drug-likeness (QED) is 0.208. The Hall–Kier alpha value is -3.27. The van der Waals surface area contributed by atoms with Gasteiger partial charge >= 0.3 is 11.9 Å². The SMILES string of the molecule is CCOC(=O)C(F)(F)c1ccc2c3cccc4cccc(c5cccc1c52)c43. The number of benzene rings is 5. The highest BCUT2D eigenvalue weighted by atomic mass is 19.3. The number of alkyl halides is 2. The molecule has 5 aromatic rings. The van der Waals surface area contributed by atoms with E-state index in [9.17, 15) is 13.6 Å². The first-order valence-electron chi connectivity index (χ1n) is 9.17. The van der Waals surface area contributed by atoms with Gasteiger partial charge in [0.1, 0.15) is 0 Å². The minimum atomic E-state index is -3.71. The number of carbonyl (C=O) groups excluding carboxylic acids is 1. The molecule has 0 radical (unpaired) electrons. The molecule has 0 fully saturated rings. The molecule has 5 aromatic carbocycles. The number of halogens is 2. The molecule has 0 aromatic heterocycles. The summed E-state index contributed by atoms with van der Waals surface area (Å²) in [6, 6.07) is 20.5. The minimum absolute atomic E-state index is 0.0922. The monoisotopic (exact) mass is 374 g/mol. The van der Waals surface area contributed by atoms with Gasteiger partial charge in [-0.1, -0.05) is 66.7 Å². The minimum Gasteiger partial charge on any atom is -0.461 e. The highest BCUT2D eigenvalue weighted by Crippen LogP contribution is 2.44. The summed E-state index contributed by atoms with van der Waals surface area (Å²) >= 11 is 0. The molecule has 0 amide bonds. The average Bonchev–Trinajstić information content (AvgIpc) is 2.71. The van der Waals surface area contributed by atoms with Gasteiger partial charge in [-0.25, -0.2) is 4.79 Å². The van der Waals surface area contributed by atoms with E-state index in [-0.39, 0.29) is 12.2 Å². The Kier molecular flexibility index (Phi) is 3.53. The van der Waals surface area contributed by atoms with E-state index < -0.39 is 11.9 Å². The maximum atomic E-state index is 14.9. The predicted octanol–water partition coefficient (Wildman–Crippen LogP) is 6.39. The third-order valence-corrected chi connectivity index (χ3v) is 5.40. The van der Waals surface area contributed by atoms with E-state index in [0.717, 1.165) is 37.7 Å². The Balaban J connectivity index is 1.96. The van der Waals surface area contributed by atoms with Crippen LogP contribution in [0.1, 0.15) is 12.5 Å². The number of hydrogen-bond acceptors (Lipinski definition) is 2. The van der Waals surface area contributed by atoms with Gasteiger partial charge in [-0.3, -0.25) is 0 Å². The molecule has 138 valence electrons. The van der Waals surface area contributed by atoms with Crippen molar-refractivity contribution in [2.75, 3.05) is 6.61 Å².